The molecule has 0 bridgehead atoms. The molecule has 0 aromatic heterocycles. The Morgan fingerprint density at radius 2 is 2.20 bits per heavy atom. The number of nitrogens with one attached hydrogen (secondary N) is 1. The summed E-state index contributed by atoms with van der Waals surface area (Å²) >= 11 is 0. The quantitative estimate of drug-likeness (QED) is 0.776. The van der Waals surface area contributed by atoms with Crippen molar-refractivity contribution in [2.45, 2.75) is 30.7 Å². The van der Waals surface area contributed by atoms with Crippen LogP contribution in [0.15, 0.2) is 29.2 Å². The van der Waals surface area contributed by atoms with E-state index in [0.29, 0.717) is 18.5 Å². The molecule has 0 saturated heterocycles. The minimum Gasteiger partial charge on any atom is -0.312 e. The third-order valence-corrected chi connectivity index (χ3v) is 4.70. The van der Waals surface area contributed by atoms with Gasteiger partial charge in [0.15, 0.2) is 9.84 Å². The summed E-state index contributed by atoms with van der Waals surface area (Å²) < 4.78 is 24.3. The van der Waals surface area contributed by atoms with Gasteiger partial charge in [0.1, 0.15) is 0 Å². The lowest BCUT2D eigenvalue weighted by Crippen LogP contribution is -2.32. The molecule has 0 amide bonds. The fourth-order valence-electron chi connectivity index (χ4n) is 1.78. The highest BCUT2D eigenvalue weighted by Gasteiger charge is 2.15. The molecule has 1 rings (SSSR count). The zero-order valence-corrected chi connectivity index (χ0v) is 12.3. The van der Waals surface area contributed by atoms with Crippen LogP contribution in [0.1, 0.15) is 25.3 Å². The second-order valence-corrected chi connectivity index (χ2v) is 6.54. The summed E-state index contributed by atoms with van der Waals surface area (Å²) in [5, 5.41) is 11.9. The van der Waals surface area contributed by atoms with E-state index >= 15 is 0 Å². The summed E-state index contributed by atoms with van der Waals surface area (Å²) in [6.07, 6.45) is 6.69. The molecule has 1 aromatic carbocycles. The van der Waals surface area contributed by atoms with Gasteiger partial charge in [-0.2, -0.15) is 5.26 Å². The number of nitriles is 1. The van der Waals surface area contributed by atoms with Gasteiger partial charge in [0.25, 0.3) is 0 Å². The summed E-state index contributed by atoms with van der Waals surface area (Å²) in [5.74, 6) is 2.55. The maximum atomic E-state index is 12.1. The lowest BCUT2D eigenvalue weighted by molar-refractivity contribution is 0.519. The molecule has 0 aliphatic carbocycles. The lowest BCUT2D eigenvalue weighted by atomic mass is 10.1. The third-order valence-electron chi connectivity index (χ3n) is 2.98. The average Bonchev–Trinajstić information content (AvgIpc) is 2.46. The Bertz CT molecular complexity index is 624. The van der Waals surface area contributed by atoms with E-state index in [0.717, 1.165) is 6.42 Å². The highest BCUT2D eigenvalue weighted by atomic mass is 32.2. The van der Waals surface area contributed by atoms with Gasteiger partial charge in [-0.25, -0.2) is 8.42 Å². The topological polar surface area (TPSA) is 70.0 Å². The highest BCUT2D eigenvalue weighted by Crippen LogP contribution is 2.12. The fraction of sp³-hybridized carbons (Fsp3) is 0.400. The summed E-state index contributed by atoms with van der Waals surface area (Å²) in [6.45, 7) is 2.35. The van der Waals surface area contributed by atoms with E-state index in [4.69, 9.17) is 11.7 Å². The molecule has 1 unspecified atom stereocenters. The van der Waals surface area contributed by atoms with Crippen LogP contribution in [0.25, 0.3) is 0 Å². The Labute approximate surface area is 120 Å². The molecule has 0 aliphatic heterocycles. The first-order valence-corrected chi connectivity index (χ1v) is 8.08. The number of sulfone groups is 1. The monoisotopic (exact) mass is 290 g/mol. The molecule has 1 N–H and O–H groups in total. The average molecular weight is 290 g/mol. The van der Waals surface area contributed by atoms with Gasteiger partial charge in [0, 0.05) is 19.0 Å². The molecular weight excluding hydrogens is 272 g/mol. The van der Waals surface area contributed by atoms with Crippen LogP contribution >= 0.6 is 0 Å². The molecule has 0 fully saturated rings. The first-order valence-electron chi connectivity index (χ1n) is 6.43. The van der Waals surface area contributed by atoms with Crippen molar-refractivity contribution in [3.63, 3.8) is 0 Å². The van der Waals surface area contributed by atoms with E-state index in [1.807, 2.05) is 13.0 Å². The summed E-state index contributed by atoms with van der Waals surface area (Å²) in [5.41, 5.74) is 0.345. The molecule has 0 heterocycles. The zero-order chi connectivity index (χ0) is 15.0. The van der Waals surface area contributed by atoms with Crippen LogP contribution < -0.4 is 5.32 Å². The van der Waals surface area contributed by atoms with Crippen molar-refractivity contribution in [2.24, 2.45) is 0 Å². The molecule has 5 heteroatoms. The second-order valence-electron chi connectivity index (χ2n) is 4.43. The summed E-state index contributed by atoms with van der Waals surface area (Å²) in [4.78, 5) is 0.184. The van der Waals surface area contributed by atoms with Crippen LogP contribution in [0.3, 0.4) is 0 Å². The molecule has 0 saturated carbocycles. The molecule has 4 nitrogen and oxygen atoms in total. The second kappa shape index (κ2) is 7.69. The van der Waals surface area contributed by atoms with Gasteiger partial charge in [-0.3, -0.25) is 0 Å². The predicted octanol–water partition coefficient (Wildman–Crippen LogP) is 1.72. The van der Waals surface area contributed by atoms with Crippen molar-refractivity contribution >= 4 is 9.84 Å². The van der Waals surface area contributed by atoms with Crippen LogP contribution in [0.2, 0.25) is 0 Å². The molecule has 1 aromatic rings. The highest BCUT2D eigenvalue weighted by molar-refractivity contribution is 7.91. The first kappa shape index (κ1) is 16.2. The largest absolute Gasteiger partial charge is 0.312 e. The van der Waals surface area contributed by atoms with Gasteiger partial charge in [-0.05, 0) is 24.6 Å². The molecule has 0 spiro atoms. The molecule has 0 aliphatic rings. The minimum absolute atomic E-state index is 0.0110. The molecule has 1 atom stereocenters. The third kappa shape index (κ3) is 4.70. The number of nitrogens with zero attached hydrogens (tertiary/aromatic N) is 1. The number of hydrogen-bond acceptors (Lipinski definition) is 4. The SMILES string of the molecule is C#CCC(CC)NCCS(=O)(=O)c1cccc(C#N)c1. The Hall–Kier alpha value is -1.82. The van der Waals surface area contributed by atoms with Crippen LogP contribution in [0, 0.1) is 23.7 Å². The maximum absolute atomic E-state index is 12.1. The predicted molar refractivity (Wildman–Crippen MR) is 78.7 cm³/mol. The van der Waals surface area contributed by atoms with Crippen molar-refractivity contribution in [1.29, 1.82) is 5.26 Å². The first-order chi connectivity index (χ1) is 9.53. The Balaban J connectivity index is 2.67. The molecule has 106 valence electrons. The smallest absolute Gasteiger partial charge is 0.179 e. The van der Waals surface area contributed by atoms with E-state index in [-0.39, 0.29) is 16.7 Å². The van der Waals surface area contributed by atoms with Crippen molar-refractivity contribution in [2.75, 3.05) is 12.3 Å². The number of benzene rings is 1. The summed E-state index contributed by atoms with van der Waals surface area (Å²) in [6, 6.07) is 8.14. The van der Waals surface area contributed by atoms with Crippen LogP contribution in [0.5, 0.6) is 0 Å². The molecule has 0 radical (unpaired) electrons. The normalized spacial score (nSPS) is 12.3. The van der Waals surface area contributed by atoms with Gasteiger partial charge in [-0.1, -0.05) is 13.0 Å². The zero-order valence-electron chi connectivity index (χ0n) is 11.5. The fourth-order valence-corrected chi connectivity index (χ4v) is 2.99. The molecule has 20 heavy (non-hydrogen) atoms. The van der Waals surface area contributed by atoms with Crippen molar-refractivity contribution in [3.05, 3.63) is 29.8 Å². The van der Waals surface area contributed by atoms with Crippen molar-refractivity contribution in [3.8, 4) is 18.4 Å². The van der Waals surface area contributed by atoms with E-state index in [2.05, 4.69) is 11.2 Å². The number of terminal acetylenes is 1. The summed E-state index contributed by atoms with van der Waals surface area (Å²) in [7, 11) is -3.38. The van der Waals surface area contributed by atoms with Crippen LogP contribution in [-0.4, -0.2) is 26.8 Å². The Morgan fingerprint density at radius 3 is 2.80 bits per heavy atom. The van der Waals surface area contributed by atoms with E-state index in [1.165, 1.54) is 12.1 Å². The van der Waals surface area contributed by atoms with E-state index < -0.39 is 9.84 Å². The van der Waals surface area contributed by atoms with Gasteiger partial charge in [0.05, 0.1) is 22.3 Å². The van der Waals surface area contributed by atoms with Gasteiger partial charge < -0.3 is 5.32 Å². The van der Waals surface area contributed by atoms with Crippen LogP contribution in [0.4, 0.5) is 0 Å². The van der Waals surface area contributed by atoms with Crippen LogP contribution in [-0.2, 0) is 9.84 Å². The van der Waals surface area contributed by atoms with E-state index in [1.54, 1.807) is 12.1 Å². The van der Waals surface area contributed by atoms with E-state index in [9.17, 15) is 8.42 Å². The van der Waals surface area contributed by atoms with Gasteiger partial charge >= 0.3 is 0 Å². The maximum Gasteiger partial charge on any atom is 0.179 e. The minimum atomic E-state index is -3.38. The van der Waals surface area contributed by atoms with Crippen molar-refractivity contribution in [1.82, 2.24) is 5.32 Å². The number of rotatable bonds is 7. The van der Waals surface area contributed by atoms with Gasteiger partial charge in [-0.15, -0.1) is 12.3 Å². The lowest BCUT2D eigenvalue weighted by Gasteiger charge is -2.14. The Kier molecular flexibility index (Phi) is 6.24. The Morgan fingerprint density at radius 1 is 1.45 bits per heavy atom. The molecular formula is C15H18N2O2S. The standard InChI is InChI=1S/C15H18N2O2S/c1-3-6-14(4-2)17-9-10-20(18,19)15-8-5-7-13(11-15)12-16/h1,5,7-8,11,14,17H,4,6,9-10H2,2H3. The van der Waals surface area contributed by atoms with Crippen molar-refractivity contribution < 1.29 is 8.42 Å². The van der Waals surface area contributed by atoms with Gasteiger partial charge in [0.2, 0.25) is 0 Å². The number of hydrogen-bond donors (Lipinski definition) is 1.